The second-order valence-electron chi connectivity index (χ2n) is 4.81. The molecular weight excluding hydrogens is 266 g/mol. The predicted molar refractivity (Wildman–Crippen MR) is 81.0 cm³/mol. The van der Waals surface area contributed by atoms with Crippen molar-refractivity contribution < 1.29 is 4.92 Å². The van der Waals surface area contributed by atoms with E-state index in [9.17, 15) is 10.1 Å². The van der Waals surface area contributed by atoms with E-state index in [0.717, 1.165) is 11.3 Å². The summed E-state index contributed by atoms with van der Waals surface area (Å²) in [6.07, 6.45) is 0. The average Bonchev–Trinajstić information content (AvgIpc) is 2.49. The van der Waals surface area contributed by atoms with E-state index in [2.05, 4.69) is 11.4 Å². The fourth-order valence-corrected chi connectivity index (χ4v) is 2.14. The Morgan fingerprint density at radius 1 is 1.24 bits per heavy atom. The maximum absolute atomic E-state index is 10.9. The largest absolute Gasteiger partial charge is 0.378 e. The van der Waals surface area contributed by atoms with Crippen molar-refractivity contribution in [3.63, 3.8) is 0 Å². The molecule has 0 saturated carbocycles. The molecule has 0 bridgehead atoms. The minimum atomic E-state index is -0.382. The molecular formula is C16H15N3O2. The number of nitrogens with zero attached hydrogens (tertiary/aromatic N) is 2. The van der Waals surface area contributed by atoms with E-state index in [1.807, 2.05) is 25.1 Å². The van der Waals surface area contributed by atoms with Crippen LogP contribution in [-0.2, 0) is 0 Å². The van der Waals surface area contributed by atoms with Crippen LogP contribution in [0.1, 0.15) is 29.7 Å². The van der Waals surface area contributed by atoms with Gasteiger partial charge in [-0.1, -0.05) is 18.2 Å². The number of nitro groups is 1. The number of benzene rings is 2. The molecule has 0 aliphatic carbocycles. The smallest absolute Gasteiger partial charge is 0.274 e. The summed E-state index contributed by atoms with van der Waals surface area (Å²) < 4.78 is 0. The highest BCUT2D eigenvalue weighted by Crippen LogP contribution is 2.28. The standard InChI is InChI=1S/C16H15N3O2/c1-11-15(4-3-5-16(11)19(20)21)18-12(2)14-8-6-13(10-17)7-9-14/h3-9,12,18H,1-2H3. The van der Waals surface area contributed by atoms with Crippen molar-refractivity contribution in [2.75, 3.05) is 5.32 Å². The number of hydrogen-bond donors (Lipinski definition) is 1. The Kier molecular flexibility index (Phi) is 4.19. The van der Waals surface area contributed by atoms with E-state index in [4.69, 9.17) is 5.26 Å². The second-order valence-corrected chi connectivity index (χ2v) is 4.81. The van der Waals surface area contributed by atoms with Gasteiger partial charge in [0.15, 0.2) is 0 Å². The Balaban J connectivity index is 2.23. The van der Waals surface area contributed by atoms with Gasteiger partial charge in [0.05, 0.1) is 16.6 Å². The molecule has 0 aromatic heterocycles. The minimum Gasteiger partial charge on any atom is -0.378 e. The topological polar surface area (TPSA) is 79.0 Å². The maximum Gasteiger partial charge on any atom is 0.274 e. The van der Waals surface area contributed by atoms with Crippen LogP contribution in [0.4, 0.5) is 11.4 Å². The normalized spacial score (nSPS) is 11.5. The molecule has 0 spiro atoms. The van der Waals surface area contributed by atoms with Crippen LogP contribution < -0.4 is 5.32 Å². The molecule has 2 rings (SSSR count). The van der Waals surface area contributed by atoms with Crippen LogP contribution in [0.15, 0.2) is 42.5 Å². The van der Waals surface area contributed by atoms with Gasteiger partial charge in [0.1, 0.15) is 0 Å². The first kappa shape index (κ1) is 14.5. The summed E-state index contributed by atoms with van der Waals surface area (Å²) >= 11 is 0. The number of hydrogen-bond acceptors (Lipinski definition) is 4. The lowest BCUT2D eigenvalue weighted by Gasteiger charge is -2.17. The van der Waals surface area contributed by atoms with Gasteiger partial charge in [0.2, 0.25) is 0 Å². The van der Waals surface area contributed by atoms with E-state index in [0.29, 0.717) is 11.1 Å². The predicted octanol–water partition coefficient (Wildman–Crippen LogP) is 3.95. The molecule has 1 N–H and O–H groups in total. The molecule has 1 atom stereocenters. The third-order valence-electron chi connectivity index (χ3n) is 3.41. The summed E-state index contributed by atoms with van der Waals surface area (Å²) in [4.78, 5) is 10.6. The van der Waals surface area contributed by atoms with E-state index < -0.39 is 0 Å². The summed E-state index contributed by atoms with van der Waals surface area (Å²) in [6, 6.07) is 14.3. The molecule has 2 aromatic rings. The first-order valence-corrected chi connectivity index (χ1v) is 6.53. The lowest BCUT2D eigenvalue weighted by molar-refractivity contribution is -0.385. The van der Waals surface area contributed by atoms with Gasteiger partial charge in [0, 0.05) is 23.4 Å². The van der Waals surface area contributed by atoms with Crippen LogP contribution in [0.25, 0.3) is 0 Å². The third kappa shape index (κ3) is 3.18. The molecule has 0 fully saturated rings. The van der Waals surface area contributed by atoms with Crippen molar-refractivity contribution in [3.05, 3.63) is 69.3 Å². The van der Waals surface area contributed by atoms with Crippen molar-refractivity contribution in [2.24, 2.45) is 0 Å². The molecule has 1 unspecified atom stereocenters. The Hall–Kier alpha value is -2.87. The first-order chi connectivity index (χ1) is 10.0. The Labute approximate surface area is 123 Å². The van der Waals surface area contributed by atoms with Crippen molar-refractivity contribution >= 4 is 11.4 Å². The average molecular weight is 281 g/mol. The fourth-order valence-electron chi connectivity index (χ4n) is 2.14. The molecule has 5 heteroatoms. The molecule has 21 heavy (non-hydrogen) atoms. The summed E-state index contributed by atoms with van der Waals surface area (Å²) in [5.41, 5.74) is 3.08. The highest BCUT2D eigenvalue weighted by atomic mass is 16.6. The Morgan fingerprint density at radius 3 is 2.48 bits per heavy atom. The molecule has 0 aliphatic heterocycles. The van der Waals surface area contributed by atoms with Crippen LogP contribution in [0.2, 0.25) is 0 Å². The summed E-state index contributed by atoms with van der Waals surface area (Å²) in [6.45, 7) is 3.70. The van der Waals surface area contributed by atoms with Crippen LogP contribution in [0.5, 0.6) is 0 Å². The molecule has 0 aliphatic rings. The third-order valence-corrected chi connectivity index (χ3v) is 3.41. The van der Waals surface area contributed by atoms with E-state index >= 15 is 0 Å². The molecule has 5 nitrogen and oxygen atoms in total. The molecule has 0 radical (unpaired) electrons. The van der Waals surface area contributed by atoms with Gasteiger partial charge in [0.25, 0.3) is 5.69 Å². The van der Waals surface area contributed by atoms with Crippen molar-refractivity contribution in [1.82, 2.24) is 0 Å². The quantitative estimate of drug-likeness (QED) is 0.679. The van der Waals surface area contributed by atoms with Gasteiger partial charge in [-0.3, -0.25) is 10.1 Å². The maximum atomic E-state index is 10.9. The number of nitriles is 1. The number of rotatable bonds is 4. The van der Waals surface area contributed by atoms with Crippen LogP contribution in [-0.4, -0.2) is 4.92 Å². The molecule has 0 heterocycles. The zero-order valence-corrected chi connectivity index (χ0v) is 11.8. The summed E-state index contributed by atoms with van der Waals surface area (Å²) in [5, 5.41) is 23.0. The lowest BCUT2D eigenvalue weighted by Crippen LogP contribution is -2.08. The second kappa shape index (κ2) is 6.06. The number of nitro benzene ring substituents is 1. The van der Waals surface area contributed by atoms with Crippen molar-refractivity contribution in [2.45, 2.75) is 19.9 Å². The molecule has 2 aromatic carbocycles. The van der Waals surface area contributed by atoms with Crippen molar-refractivity contribution in [3.8, 4) is 6.07 Å². The van der Waals surface area contributed by atoms with E-state index in [-0.39, 0.29) is 16.7 Å². The lowest BCUT2D eigenvalue weighted by atomic mass is 10.1. The Morgan fingerprint density at radius 2 is 1.90 bits per heavy atom. The van der Waals surface area contributed by atoms with Gasteiger partial charge >= 0.3 is 0 Å². The zero-order chi connectivity index (χ0) is 15.4. The van der Waals surface area contributed by atoms with Crippen molar-refractivity contribution in [1.29, 1.82) is 5.26 Å². The van der Waals surface area contributed by atoms with Gasteiger partial charge < -0.3 is 5.32 Å². The van der Waals surface area contributed by atoms with Crippen LogP contribution in [0.3, 0.4) is 0 Å². The Bertz CT molecular complexity index is 702. The van der Waals surface area contributed by atoms with E-state index in [1.165, 1.54) is 6.07 Å². The van der Waals surface area contributed by atoms with Gasteiger partial charge in [-0.05, 0) is 37.6 Å². The van der Waals surface area contributed by atoms with E-state index in [1.54, 1.807) is 25.1 Å². The highest BCUT2D eigenvalue weighted by molar-refractivity contribution is 5.60. The van der Waals surface area contributed by atoms with Gasteiger partial charge in [-0.2, -0.15) is 5.26 Å². The van der Waals surface area contributed by atoms with Gasteiger partial charge in [-0.15, -0.1) is 0 Å². The van der Waals surface area contributed by atoms with Crippen LogP contribution in [0, 0.1) is 28.4 Å². The number of anilines is 1. The first-order valence-electron chi connectivity index (χ1n) is 6.53. The van der Waals surface area contributed by atoms with Crippen LogP contribution >= 0.6 is 0 Å². The number of nitrogens with one attached hydrogen (secondary N) is 1. The SMILES string of the molecule is Cc1c(NC(C)c2ccc(C#N)cc2)cccc1[N+](=O)[O-]. The molecule has 0 amide bonds. The summed E-state index contributed by atoms with van der Waals surface area (Å²) in [7, 11) is 0. The highest BCUT2D eigenvalue weighted by Gasteiger charge is 2.14. The summed E-state index contributed by atoms with van der Waals surface area (Å²) in [5.74, 6) is 0. The zero-order valence-electron chi connectivity index (χ0n) is 11.8. The minimum absolute atomic E-state index is 0.0153. The molecule has 106 valence electrons. The monoisotopic (exact) mass is 281 g/mol. The van der Waals surface area contributed by atoms with Gasteiger partial charge in [-0.25, -0.2) is 0 Å². The molecule has 0 saturated heterocycles. The fraction of sp³-hybridized carbons (Fsp3) is 0.188.